The first-order valence-corrected chi connectivity index (χ1v) is 10.1. The molecule has 31 heavy (non-hydrogen) atoms. The van der Waals surface area contributed by atoms with E-state index in [1.165, 1.54) is 43.9 Å². The Morgan fingerprint density at radius 2 is 1.84 bits per heavy atom. The molecule has 0 radical (unpaired) electrons. The molecule has 0 saturated carbocycles. The topological polar surface area (TPSA) is 117 Å². The van der Waals surface area contributed by atoms with E-state index in [4.69, 9.17) is 15.2 Å². The van der Waals surface area contributed by atoms with Crippen LogP contribution in [0.5, 0.6) is 11.5 Å². The van der Waals surface area contributed by atoms with Gasteiger partial charge in [-0.15, -0.1) is 11.3 Å². The summed E-state index contributed by atoms with van der Waals surface area (Å²) in [6.07, 6.45) is 1.97. The van der Waals surface area contributed by atoms with E-state index < -0.39 is 10.8 Å². The van der Waals surface area contributed by atoms with Gasteiger partial charge in [-0.3, -0.25) is 14.9 Å². The van der Waals surface area contributed by atoms with Gasteiger partial charge in [0.05, 0.1) is 36.3 Å². The summed E-state index contributed by atoms with van der Waals surface area (Å²) >= 11 is 1.34. The van der Waals surface area contributed by atoms with Crippen LogP contribution in [0, 0.1) is 17.0 Å². The molecule has 1 amide bonds. The van der Waals surface area contributed by atoms with E-state index in [1.807, 2.05) is 37.3 Å². The highest BCUT2D eigenvalue weighted by Crippen LogP contribution is 2.38. The fourth-order valence-corrected chi connectivity index (χ4v) is 4.34. The van der Waals surface area contributed by atoms with Crippen LogP contribution in [0.25, 0.3) is 0 Å². The molecule has 3 rings (SSSR count). The molecule has 1 heterocycles. The Bertz CT molecular complexity index is 1160. The number of hydrogen-bond donors (Lipinski definition) is 1. The number of benzene rings is 2. The molecule has 0 aliphatic rings. The summed E-state index contributed by atoms with van der Waals surface area (Å²) in [5.74, 6) is -0.0277. The Balaban J connectivity index is 2.05. The molecule has 3 aromatic rings. The lowest BCUT2D eigenvalue weighted by Gasteiger charge is -2.08. The van der Waals surface area contributed by atoms with E-state index in [1.54, 1.807) is 0 Å². The van der Waals surface area contributed by atoms with E-state index in [-0.39, 0.29) is 17.0 Å². The molecule has 160 valence electrons. The average Bonchev–Trinajstić information content (AvgIpc) is 3.07. The van der Waals surface area contributed by atoms with Gasteiger partial charge in [0.15, 0.2) is 11.5 Å². The van der Waals surface area contributed by atoms with Gasteiger partial charge in [-0.1, -0.05) is 30.3 Å². The lowest BCUT2D eigenvalue weighted by atomic mass is 10.1. The number of hydrogen-bond acceptors (Lipinski definition) is 7. The summed E-state index contributed by atoms with van der Waals surface area (Å²) in [5, 5.41) is 11.9. The highest BCUT2D eigenvalue weighted by atomic mass is 32.1. The van der Waals surface area contributed by atoms with E-state index in [0.29, 0.717) is 22.7 Å². The van der Waals surface area contributed by atoms with Gasteiger partial charge in [-0.05, 0) is 24.1 Å². The van der Waals surface area contributed by atoms with Crippen molar-refractivity contribution < 1.29 is 19.2 Å². The molecule has 0 aliphatic carbocycles. The summed E-state index contributed by atoms with van der Waals surface area (Å²) in [6.45, 7) is 1.83. The number of nitrogens with zero attached hydrogens (tertiary/aromatic N) is 2. The van der Waals surface area contributed by atoms with Crippen molar-refractivity contribution in [2.75, 3.05) is 14.2 Å². The maximum atomic E-state index is 12.1. The normalized spacial score (nSPS) is 10.9. The number of methoxy groups -OCH3 is 2. The van der Waals surface area contributed by atoms with E-state index in [0.717, 1.165) is 16.0 Å². The quantitative estimate of drug-likeness (QED) is 0.317. The van der Waals surface area contributed by atoms with Crippen LogP contribution in [0.15, 0.2) is 47.5 Å². The van der Waals surface area contributed by atoms with Crippen LogP contribution < -0.4 is 15.2 Å². The zero-order chi connectivity index (χ0) is 22.5. The molecule has 0 bridgehead atoms. The fourth-order valence-electron chi connectivity index (χ4n) is 3.15. The Morgan fingerprint density at radius 3 is 2.42 bits per heavy atom. The minimum absolute atomic E-state index is 0.195. The van der Waals surface area contributed by atoms with Crippen molar-refractivity contribution in [1.29, 1.82) is 0 Å². The monoisotopic (exact) mass is 439 g/mol. The maximum Gasteiger partial charge on any atom is 0.282 e. The van der Waals surface area contributed by atoms with Crippen molar-refractivity contribution in [1.82, 2.24) is 0 Å². The number of carbonyl (C=O) groups is 1. The first-order chi connectivity index (χ1) is 14.8. The Morgan fingerprint density at radius 1 is 1.19 bits per heavy atom. The van der Waals surface area contributed by atoms with Gasteiger partial charge in [0.2, 0.25) is 0 Å². The number of carbonyl (C=O) groups excluding carboxylic acids is 1. The van der Waals surface area contributed by atoms with Gasteiger partial charge in [0, 0.05) is 17.5 Å². The highest BCUT2D eigenvalue weighted by molar-refractivity contribution is 7.16. The van der Waals surface area contributed by atoms with Crippen molar-refractivity contribution in [3.63, 3.8) is 0 Å². The van der Waals surface area contributed by atoms with Crippen LogP contribution in [0.3, 0.4) is 0 Å². The number of thiophene rings is 1. The van der Waals surface area contributed by atoms with Crippen molar-refractivity contribution in [2.45, 2.75) is 13.3 Å². The molecule has 8 nitrogen and oxygen atoms in total. The lowest BCUT2D eigenvalue weighted by molar-refractivity contribution is -0.385. The predicted molar refractivity (Wildman–Crippen MR) is 120 cm³/mol. The molecule has 9 heteroatoms. The van der Waals surface area contributed by atoms with Crippen LogP contribution in [-0.2, 0) is 6.42 Å². The number of primary amides is 1. The second-order valence-corrected chi connectivity index (χ2v) is 7.72. The highest BCUT2D eigenvalue weighted by Gasteiger charge is 2.21. The third-order valence-electron chi connectivity index (χ3n) is 4.73. The van der Waals surface area contributed by atoms with Crippen LogP contribution in [0.4, 0.5) is 10.7 Å². The molecule has 0 saturated heterocycles. The van der Waals surface area contributed by atoms with Gasteiger partial charge in [0.1, 0.15) is 5.00 Å². The Kier molecular flexibility index (Phi) is 6.66. The molecule has 0 spiro atoms. The Labute approximate surface area is 183 Å². The molecule has 0 aliphatic heterocycles. The molecular formula is C22H21N3O5S. The summed E-state index contributed by atoms with van der Waals surface area (Å²) in [4.78, 5) is 28.4. The van der Waals surface area contributed by atoms with E-state index >= 15 is 0 Å². The minimum atomic E-state index is -0.595. The van der Waals surface area contributed by atoms with E-state index in [2.05, 4.69) is 4.99 Å². The third kappa shape index (κ3) is 4.72. The number of aliphatic imine (C=N–C) groups is 1. The van der Waals surface area contributed by atoms with Crippen molar-refractivity contribution in [3.05, 3.63) is 79.7 Å². The minimum Gasteiger partial charge on any atom is -0.493 e. The maximum absolute atomic E-state index is 12.1. The summed E-state index contributed by atoms with van der Waals surface area (Å²) in [5.41, 5.74) is 7.79. The number of rotatable bonds is 8. The second kappa shape index (κ2) is 9.40. The number of nitro benzene ring substituents is 1. The molecular weight excluding hydrogens is 418 g/mol. The van der Waals surface area contributed by atoms with Gasteiger partial charge >= 0.3 is 0 Å². The van der Waals surface area contributed by atoms with Crippen LogP contribution in [-0.4, -0.2) is 31.3 Å². The number of nitro groups is 1. The zero-order valence-corrected chi connectivity index (χ0v) is 18.1. The smallest absolute Gasteiger partial charge is 0.282 e. The van der Waals surface area contributed by atoms with E-state index in [9.17, 15) is 14.9 Å². The van der Waals surface area contributed by atoms with Gasteiger partial charge in [-0.25, -0.2) is 4.99 Å². The van der Waals surface area contributed by atoms with Crippen LogP contribution >= 0.6 is 11.3 Å². The molecule has 1 aromatic heterocycles. The van der Waals surface area contributed by atoms with Gasteiger partial charge in [0.25, 0.3) is 11.6 Å². The molecule has 2 N–H and O–H groups in total. The first-order valence-electron chi connectivity index (χ1n) is 9.26. The fraction of sp³-hybridized carbons (Fsp3) is 0.182. The van der Waals surface area contributed by atoms with Gasteiger partial charge in [-0.2, -0.15) is 0 Å². The third-order valence-corrected chi connectivity index (χ3v) is 5.93. The molecule has 2 aromatic carbocycles. The van der Waals surface area contributed by atoms with Crippen molar-refractivity contribution in [3.8, 4) is 11.5 Å². The van der Waals surface area contributed by atoms with Crippen molar-refractivity contribution >= 4 is 34.1 Å². The molecule has 0 fully saturated rings. The number of ether oxygens (including phenoxy) is 2. The summed E-state index contributed by atoms with van der Waals surface area (Å²) in [6, 6.07) is 12.6. The first kappa shape index (κ1) is 22.0. The van der Waals surface area contributed by atoms with Gasteiger partial charge < -0.3 is 15.2 Å². The summed E-state index contributed by atoms with van der Waals surface area (Å²) < 4.78 is 10.4. The standard InChI is InChI=1S/C22H21N3O5S/c1-13-19(9-14-7-5-4-6-8-14)31-22(20(13)21(23)26)24-12-15-10-17(29-2)18(30-3)11-16(15)25(27)28/h4-8,10-12H,9H2,1-3H3,(H2,23,26)/b24-12+. The van der Waals surface area contributed by atoms with Crippen LogP contribution in [0.2, 0.25) is 0 Å². The average molecular weight is 439 g/mol. The molecule has 0 unspecified atom stereocenters. The second-order valence-electron chi connectivity index (χ2n) is 6.64. The largest absolute Gasteiger partial charge is 0.493 e. The van der Waals surface area contributed by atoms with Crippen LogP contribution in [0.1, 0.15) is 31.9 Å². The zero-order valence-electron chi connectivity index (χ0n) is 17.2. The van der Waals surface area contributed by atoms with Crippen molar-refractivity contribution in [2.24, 2.45) is 10.7 Å². The number of nitrogens with two attached hydrogens (primary N) is 1. The SMILES string of the molecule is COc1cc(/C=N/c2sc(Cc3ccccc3)c(C)c2C(N)=O)c([N+](=O)[O-])cc1OC. The molecule has 0 atom stereocenters. The number of amides is 1. The lowest BCUT2D eigenvalue weighted by Crippen LogP contribution is -2.11. The Hall–Kier alpha value is -3.72. The predicted octanol–water partition coefficient (Wildman–Crippen LogP) is 4.42. The summed E-state index contributed by atoms with van der Waals surface area (Å²) in [7, 11) is 2.84.